The predicted molar refractivity (Wildman–Crippen MR) is 87.6 cm³/mol. The zero-order chi connectivity index (χ0) is 14.7. The number of benzene rings is 2. The Labute approximate surface area is 127 Å². The molecule has 0 aliphatic rings. The molecule has 1 unspecified atom stereocenters. The second kappa shape index (κ2) is 6.43. The molecule has 1 atom stereocenters. The van der Waals surface area contributed by atoms with E-state index in [1.807, 2.05) is 7.05 Å². The van der Waals surface area contributed by atoms with E-state index in [2.05, 4.69) is 62.5 Å². The van der Waals surface area contributed by atoms with Crippen molar-refractivity contribution in [3.8, 4) is 0 Å². The summed E-state index contributed by atoms with van der Waals surface area (Å²) in [6.45, 7) is 6.36. The molecule has 0 saturated heterocycles. The number of aryl methyl sites for hydroxylation is 3. The Bertz CT molecular complexity index is 604. The molecule has 0 aliphatic carbocycles. The minimum atomic E-state index is 0.239. The fraction of sp³-hybridized carbons (Fsp3) is 0.333. The molecule has 2 heteroatoms. The first-order valence-corrected chi connectivity index (χ1v) is 7.38. The van der Waals surface area contributed by atoms with Gasteiger partial charge in [-0.2, -0.15) is 0 Å². The van der Waals surface area contributed by atoms with Crippen LogP contribution >= 0.6 is 11.6 Å². The summed E-state index contributed by atoms with van der Waals surface area (Å²) in [5, 5.41) is 4.24. The van der Waals surface area contributed by atoms with Crippen LogP contribution in [0.5, 0.6) is 0 Å². The second-order valence-corrected chi connectivity index (χ2v) is 5.90. The molecule has 2 aromatic carbocycles. The highest BCUT2D eigenvalue weighted by Gasteiger charge is 2.15. The average molecular weight is 288 g/mol. The maximum Gasteiger partial charge on any atom is 0.0456 e. The largest absolute Gasteiger partial charge is 0.313 e. The smallest absolute Gasteiger partial charge is 0.0456 e. The van der Waals surface area contributed by atoms with E-state index >= 15 is 0 Å². The highest BCUT2D eigenvalue weighted by molar-refractivity contribution is 6.31. The van der Waals surface area contributed by atoms with Crippen LogP contribution in [0.1, 0.15) is 33.9 Å². The van der Waals surface area contributed by atoms with Gasteiger partial charge in [0.05, 0.1) is 0 Å². The van der Waals surface area contributed by atoms with Gasteiger partial charge in [-0.3, -0.25) is 0 Å². The Morgan fingerprint density at radius 1 is 1.05 bits per heavy atom. The summed E-state index contributed by atoms with van der Waals surface area (Å²) in [7, 11) is 1.99. The molecule has 1 nitrogen and oxygen atoms in total. The summed E-state index contributed by atoms with van der Waals surface area (Å²) in [4.78, 5) is 0. The molecule has 0 bridgehead atoms. The second-order valence-electron chi connectivity index (χ2n) is 5.49. The Morgan fingerprint density at radius 3 is 2.40 bits per heavy atom. The van der Waals surface area contributed by atoms with Crippen molar-refractivity contribution in [1.82, 2.24) is 5.32 Å². The van der Waals surface area contributed by atoms with Crippen LogP contribution in [0.15, 0.2) is 36.4 Å². The molecule has 0 radical (unpaired) electrons. The summed E-state index contributed by atoms with van der Waals surface area (Å²) in [6.07, 6.45) is 0.945. The van der Waals surface area contributed by atoms with Crippen molar-refractivity contribution in [2.24, 2.45) is 0 Å². The zero-order valence-corrected chi connectivity index (χ0v) is 13.4. The lowest BCUT2D eigenvalue weighted by atomic mass is 9.95. The Kier molecular flexibility index (Phi) is 4.85. The normalized spacial score (nSPS) is 12.4. The van der Waals surface area contributed by atoms with Crippen LogP contribution in [0.4, 0.5) is 0 Å². The molecule has 1 N–H and O–H groups in total. The predicted octanol–water partition coefficient (Wildman–Crippen LogP) is 4.77. The number of halogens is 1. The first-order valence-electron chi connectivity index (χ1n) is 7.00. The summed E-state index contributed by atoms with van der Waals surface area (Å²) in [5.41, 5.74) is 6.33. The van der Waals surface area contributed by atoms with Crippen molar-refractivity contribution in [2.45, 2.75) is 33.2 Å². The van der Waals surface area contributed by atoms with E-state index < -0.39 is 0 Å². The molecule has 0 aromatic heterocycles. The van der Waals surface area contributed by atoms with Gasteiger partial charge in [-0.05, 0) is 62.6 Å². The fourth-order valence-electron chi connectivity index (χ4n) is 2.51. The van der Waals surface area contributed by atoms with Gasteiger partial charge in [0.25, 0.3) is 0 Å². The molecule has 0 amide bonds. The summed E-state index contributed by atoms with van der Waals surface area (Å²) >= 11 is 6.43. The Hall–Kier alpha value is -1.31. The van der Waals surface area contributed by atoms with Gasteiger partial charge < -0.3 is 5.32 Å². The minimum absolute atomic E-state index is 0.239. The van der Waals surface area contributed by atoms with Crippen LogP contribution in [-0.4, -0.2) is 7.05 Å². The molecule has 0 aliphatic heterocycles. The lowest BCUT2D eigenvalue weighted by Crippen LogP contribution is -2.19. The first kappa shape index (κ1) is 15.1. The molecule has 2 aromatic rings. The van der Waals surface area contributed by atoms with Crippen LogP contribution < -0.4 is 5.32 Å². The van der Waals surface area contributed by atoms with Gasteiger partial charge in [-0.1, -0.05) is 47.5 Å². The molecule has 0 heterocycles. The van der Waals surface area contributed by atoms with Crippen molar-refractivity contribution in [3.05, 3.63) is 69.2 Å². The van der Waals surface area contributed by atoms with Gasteiger partial charge in [-0.15, -0.1) is 0 Å². The van der Waals surface area contributed by atoms with Gasteiger partial charge >= 0.3 is 0 Å². The first-order chi connectivity index (χ1) is 9.51. The van der Waals surface area contributed by atoms with E-state index in [0.29, 0.717) is 0 Å². The number of hydrogen-bond acceptors (Lipinski definition) is 1. The van der Waals surface area contributed by atoms with Crippen LogP contribution in [0.3, 0.4) is 0 Å². The minimum Gasteiger partial charge on any atom is -0.313 e. The van der Waals surface area contributed by atoms with Gasteiger partial charge in [0, 0.05) is 11.1 Å². The number of rotatable bonds is 4. The molecular formula is C18H22ClN. The number of hydrogen-bond donors (Lipinski definition) is 1. The molecule has 0 fully saturated rings. The quantitative estimate of drug-likeness (QED) is 0.854. The van der Waals surface area contributed by atoms with Gasteiger partial charge in [0.15, 0.2) is 0 Å². The van der Waals surface area contributed by atoms with Crippen LogP contribution in [0.2, 0.25) is 5.02 Å². The van der Waals surface area contributed by atoms with E-state index in [4.69, 9.17) is 11.6 Å². The van der Waals surface area contributed by atoms with E-state index in [1.165, 1.54) is 27.8 Å². The third-order valence-electron chi connectivity index (χ3n) is 3.86. The molecule has 0 spiro atoms. The third kappa shape index (κ3) is 3.41. The van der Waals surface area contributed by atoms with E-state index in [-0.39, 0.29) is 6.04 Å². The lowest BCUT2D eigenvalue weighted by molar-refractivity contribution is 0.591. The number of likely N-dealkylation sites (N-methyl/N-ethyl adjacent to an activating group) is 1. The molecular weight excluding hydrogens is 266 g/mol. The van der Waals surface area contributed by atoms with Crippen molar-refractivity contribution in [1.29, 1.82) is 0 Å². The Balaban J connectivity index is 2.31. The maximum absolute atomic E-state index is 6.43. The van der Waals surface area contributed by atoms with Crippen LogP contribution in [0, 0.1) is 20.8 Å². The monoisotopic (exact) mass is 287 g/mol. The highest BCUT2D eigenvalue weighted by atomic mass is 35.5. The van der Waals surface area contributed by atoms with Gasteiger partial charge in [-0.25, -0.2) is 0 Å². The molecule has 0 saturated carbocycles. The van der Waals surface area contributed by atoms with Crippen molar-refractivity contribution >= 4 is 11.6 Å². The molecule has 2 rings (SSSR count). The third-order valence-corrected chi connectivity index (χ3v) is 4.19. The fourth-order valence-corrected chi connectivity index (χ4v) is 2.86. The summed E-state index contributed by atoms with van der Waals surface area (Å²) in [5.74, 6) is 0. The molecule has 106 valence electrons. The maximum atomic E-state index is 6.43. The summed E-state index contributed by atoms with van der Waals surface area (Å²) in [6, 6.07) is 13.1. The highest BCUT2D eigenvalue weighted by Crippen LogP contribution is 2.28. The van der Waals surface area contributed by atoms with Gasteiger partial charge in [0.2, 0.25) is 0 Å². The van der Waals surface area contributed by atoms with Crippen LogP contribution in [0.25, 0.3) is 0 Å². The standard InChI is InChI=1S/C18H22ClN/c1-12-6-5-7-15(8-12)11-18(20-4)16-9-13(2)14(3)10-17(16)19/h5-10,18,20H,11H2,1-4H3. The summed E-state index contributed by atoms with van der Waals surface area (Å²) < 4.78 is 0. The average Bonchev–Trinajstić information content (AvgIpc) is 2.40. The van der Waals surface area contributed by atoms with Gasteiger partial charge in [0.1, 0.15) is 0 Å². The lowest BCUT2D eigenvalue weighted by Gasteiger charge is -2.20. The van der Waals surface area contributed by atoms with E-state index in [1.54, 1.807) is 0 Å². The molecule has 20 heavy (non-hydrogen) atoms. The van der Waals surface area contributed by atoms with Crippen LogP contribution in [-0.2, 0) is 6.42 Å². The number of nitrogens with one attached hydrogen (secondary N) is 1. The van der Waals surface area contributed by atoms with Crippen molar-refractivity contribution < 1.29 is 0 Å². The zero-order valence-electron chi connectivity index (χ0n) is 12.6. The SMILES string of the molecule is CNC(Cc1cccc(C)c1)c1cc(C)c(C)cc1Cl. The Morgan fingerprint density at radius 2 is 1.75 bits per heavy atom. The topological polar surface area (TPSA) is 12.0 Å². The van der Waals surface area contributed by atoms with E-state index in [0.717, 1.165) is 11.4 Å². The van der Waals surface area contributed by atoms with Crippen molar-refractivity contribution in [2.75, 3.05) is 7.05 Å². The van der Waals surface area contributed by atoms with E-state index in [9.17, 15) is 0 Å². The van der Waals surface area contributed by atoms with Crippen molar-refractivity contribution in [3.63, 3.8) is 0 Å².